The topological polar surface area (TPSA) is 49.2 Å². The van der Waals surface area contributed by atoms with Crippen molar-refractivity contribution in [2.45, 2.75) is 33.2 Å². The van der Waals surface area contributed by atoms with E-state index in [0.717, 1.165) is 35.4 Å². The first-order valence-electron chi connectivity index (χ1n) is 7.10. The molecule has 106 valence electrons. The standard InChI is InChI=1S/C16H21N3O/c1-11-4-5-13-14(18-11)6-7-17-15(13)19-10-16(2,3)8-12(19)9-20/h4-7,12,20H,8-10H2,1-3H3/t12-/m0/s1. The van der Waals surface area contributed by atoms with Crippen LogP contribution in [0.3, 0.4) is 0 Å². The summed E-state index contributed by atoms with van der Waals surface area (Å²) in [6, 6.07) is 6.19. The number of aliphatic hydroxyl groups is 1. The Hall–Kier alpha value is -1.68. The largest absolute Gasteiger partial charge is 0.394 e. The van der Waals surface area contributed by atoms with Crippen LogP contribution in [0.4, 0.5) is 5.82 Å². The average Bonchev–Trinajstić information content (AvgIpc) is 2.73. The third kappa shape index (κ3) is 2.24. The van der Waals surface area contributed by atoms with E-state index >= 15 is 0 Å². The van der Waals surface area contributed by atoms with Crippen LogP contribution < -0.4 is 4.90 Å². The van der Waals surface area contributed by atoms with Crippen molar-refractivity contribution in [1.82, 2.24) is 9.97 Å². The molecular formula is C16H21N3O. The zero-order chi connectivity index (χ0) is 14.3. The molecule has 0 radical (unpaired) electrons. The Kier molecular flexibility index (Phi) is 3.13. The molecule has 0 aromatic carbocycles. The molecule has 20 heavy (non-hydrogen) atoms. The number of aromatic nitrogens is 2. The second kappa shape index (κ2) is 4.70. The summed E-state index contributed by atoms with van der Waals surface area (Å²) < 4.78 is 0. The van der Waals surface area contributed by atoms with Gasteiger partial charge in [-0.25, -0.2) is 4.98 Å². The second-order valence-corrected chi connectivity index (χ2v) is 6.49. The van der Waals surface area contributed by atoms with Crippen LogP contribution >= 0.6 is 0 Å². The molecule has 0 unspecified atom stereocenters. The molecule has 0 saturated carbocycles. The highest BCUT2D eigenvalue weighted by Gasteiger charge is 2.38. The van der Waals surface area contributed by atoms with Crippen LogP contribution in [0.5, 0.6) is 0 Å². The normalized spacial score (nSPS) is 21.6. The van der Waals surface area contributed by atoms with Crippen molar-refractivity contribution in [3.63, 3.8) is 0 Å². The van der Waals surface area contributed by atoms with E-state index in [0.29, 0.717) is 0 Å². The third-order valence-electron chi connectivity index (χ3n) is 4.04. The number of pyridine rings is 2. The molecule has 1 atom stereocenters. The van der Waals surface area contributed by atoms with Crippen molar-refractivity contribution in [2.75, 3.05) is 18.1 Å². The van der Waals surface area contributed by atoms with Crippen molar-refractivity contribution in [3.8, 4) is 0 Å². The zero-order valence-electron chi connectivity index (χ0n) is 12.3. The smallest absolute Gasteiger partial charge is 0.138 e. The minimum atomic E-state index is 0.143. The van der Waals surface area contributed by atoms with E-state index in [9.17, 15) is 5.11 Å². The van der Waals surface area contributed by atoms with Gasteiger partial charge in [0.1, 0.15) is 5.82 Å². The average molecular weight is 271 g/mol. The van der Waals surface area contributed by atoms with Gasteiger partial charge in [0.25, 0.3) is 0 Å². The lowest BCUT2D eigenvalue weighted by molar-refractivity contribution is 0.255. The van der Waals surface area contributed by atoms with Crippen molar-refractivity contribution in [3.05, 3.63) is 30.1 Å². The van der Waals surface area contributed by atoms with Gasteiger partial charge in [-0.15, -0.1) is 0 Å². The van der Waals surface area contributed by atoms with Crippen molar-refractivity contribution >= 4 is 16.7 Å². The summed E-state index contributed by atoms with van der Waals surface area (Å²) in [7, 11) is 0. The SMILES string of the molecule is Cc1ccc2c(N3CC(C)(C)C[C@H]3CO)nccc2n1. The van der Waals surface area contributed by atoms with Crippen molar-refractivity contribution in [1.29, 1.82) is 0 Å². The van der Waals surface area contributed by atoms with Gasteiger partial charge in [0, 0.05) is 23.8 Å². The molecular weight excluding hydrogens is 250 g/mol. The number of aliphatic hydroxyl groups excluding tert-OH is 1. The molecule has 0 aliphatic carbocycles. The van der Waals surface area contributed by atoms with Gasteiger partial charge in [0.15, 0.2) is 0 Å². The molecule has 0 spiro atoms. The monoisotopic (exact) mass is 271 g/mol. The first-order chi connectivity index (χ1) is 9.50. The third-order valence-corrected chi connectivity index (χ3v) is 4.04. The molecule has 1 saturated heterocycles. The molecule has 2 aromatic rings. The van der Waals surface area contributed by atoms with E-state index in [1.807, 2.05) is 25.3 Å². The maximum absolute atomic E-state index is 9.66. The predicted molar refractivity (Wildman–Crippen MR) is 80.9 cm³/mol. The van der Waals surface area contributed by atoms with E-state index in [2.05, 4.69) is 34.8 Å². The Balaban J connectivity index is 2.10. The van der Waals surface area contributed by atoms with Gasteiger partial charge in [-0.3, -0.25) is 4.98 Å². The summed E-state index contributed by atoms with van der Waals surface area (Å²) in [6.07, 6.45) is 2.80. The highest BCUT2D eigenvalue weighted by Crippen LogP contribution is 2.38. The van der Waals surface area contributed by atoms with Gasteiger partial charge >= 0.3 is 0 Å². The number of aryl methyl sites for hydroxylation is 1. The molecule has 0 bridgehead atoms. The molecule has 3 heterocycles. The maximum Gasteiger partial charge on any atom is 0.138 e. The van der Waals surface area contributed by atoms with Crippen LogP contribution in [0, 0.1) is 12.3 Å². The van der Waals surface area contributed by atoms with Gasteiger partial charge in [-0.05, 0) is 37.0 Å². The molecule has 1 aliphatic heterocycles. The second-order valence-electron chi connectivity index (χ2n) is 6.49. The minimum absolute atomic E-state index is 0.143. The molecule has 1 N–H and O–H groups in total. The first-order valence-corrected chi connectivity index (χ1v) is 7.10. The van der Waals surface area contributed by atoms with Crippen LogP contribution in [0.25, 0.3) is 10.9 Å². The van der Waals surface area contributed by atoms with Crippen LogP contribution in [0.15, 0.2) is 24.4 Å². The number of nitrogens with zero attached hydrogens (tertiary/aromatic N) is 3. The highest BCUT2D eigenvalue weighted by molar-refractivity contribution is 5.89. The summed E-state index contributed by atoms with van der Waals surface area (Å²) in [5.41, 5.74) is 2.18. The molecule has 3 rings (SSSR count). The van der Waals surface area contributed by atoms with Gasteiger partial charge in [-0.2, -0.15) is 0 Å². The fraction of sp³-hybridized carbons (Fsp3) is 0.500. The van der Waals surface area contributed by atoms with Crippen LogP contribution in [0.1, 0.15) is 26.0 Å². The highest BCUT2D eigenvalue weighted by atomic mass is 16.3. The zero-order valence-corrected chi connectivity index (χ0v) is 12.3. The maximum atomic E-state index is 9.66. The van der Waals surface area contributed by atoms with Gasteiger partial charge in [0.05, 0.1) is 18.2 Å². The number of anilines is 1. The van der Waals surface area contributed by atoms with Crippen molar-refractivity contribution < 1.29 is 5.11 Å². The van der Waals surface area contributed by atoms with E-state index in [1.165, 1.54) is 0 Å². The lowest BCUT2D eigenvalue weighted by Gasteiger charge is -2.25. The molecule has 4 heteroatoms. The lowest BCUT2D eigenvalue weighted by Crippen LogP contribution is -2.33. The van der Waals surface area contributed by atoms with E-state index in [1.54, 1.807) is 0 Å². The van der Waals surface area contributed by atoms with Crippen LogP contribution in [0.2, 0.25) is 0 Å². The summed E-state index contributed by atoms with van der Waals surface area (Å²) >= 11 is 0. The molecule has 4 nitrogen and oxygen atoms in total. The quantitative estimate of drug-likeness (QED) is 0.912. The number of fused-ring (bicyclic) bond motifs is 1. The van der Waals surface area contributed by atoms with Gasteiger partial charge in [0.2, 0.25) is 0 Å². The van der Waals surface area contributed by atoms with E-state index < -0.39 is 0 Å². The molecule has 0 amide bonds. The molecule has 1 aliphatic rings. The van der Waals surface area contributed by atoms with Crippen LogP contribution in [-0.2, 0) is 0 Å². The number of hydrogen-bond acceptors (Lipinski definition) is 4. The van der Waals surface area contributed by atoms with Gasteiger partial charge in [-0.1, -0.05) is 13.8 Å². The van der Waals surface area contributed by atoms with Crippen LogP contribution in [-0.4, -0.2) is 34.3 Å². The number of rotatable bonds is 2. The number of hydrogen-bond donors (Lipinski definition) is 1. The first kappa shape index (κ1) is 13.3. The summed E-state index contributed by atoms with van der Waals surface area (Å²) in [5, 5.41) is 10.7. The summed E-state index contributed by atoms with van der Waals surface area (Å²) in [4.78, 5) is 11.4. The Morgan fingerprint density at radius 3 is 2.90 bits per heavy atom. The fourth-order valence-corrected chi connectivity index (χ4v) is 3.18. The summed E-state index contributed by atoms with van der Waals surface area (Å²) in [6.45, 7) is 7.56. The Labute approximate surface area is 119 Å². The lowest BCUT2D eigenvalue weighted by atomic mass is 9.91. The van der Waals surface area contributed by atoms with Gasteiger partial charge < -0.3 is 10.0 Å². The predicted octanol–water partition coefficient (Wildman–Crippen LogP) is 2.54. The van der Waals surface area contributed by atoms with E-state index in [4.69, 9.17) is 0 Å². The molecule has 1 fully saturated rings. The van der Waals surface area contributed by atoms with Crippen molar-refractivity contribution in [2.24, 2.45) is 5.41 Å². The Bertz CT molecular complexity index is 639. The Morgan fingerprint density at radius 2 is 2.15 bits per heavy atom. The van der Waals surface area contributed by atoms with E-state index in [-0.39, 0.29) is 18.1 Å². The Morgan fingerprint density at radius 1 is 1.35 bits per heavy atom. The molecule has 2 aromatic heterocycles. The minimum Gasteiger partial charge on any atom is -0.394 e. The summed E-state index contributed by atoms with van der Waals surface area (Å²) in [5.74, 6) is 0.944. The fourth-order valence-electron chi connectivity index (χ4n) is 3.18.